The lowest BCUT2D eigenvalue weighted by molar-refractivity contribution is -0.617. The van der Waals surface area contributed by atoms with Crippen molar-refractivity contribution < 1.29 is 4.57 Å². The maximum atomic E-state index is 4.84. The van der Waals surface area contributed by atoms with Crippen molar-refractivity contribution in [2.45, 2.75) is 46.5 Å². The van der Waals surface area contributed by atoms with E-state index in [4.69, 9.17) is 4.98 Å². The smallest absolute Gasteiger partial charge is 0.255 e. The molecule has 0 aliphatic rings. The fourth-order valence-corrected chi connectivity index (χ4v) is 4.75. The van der Waals surface area contributed by atoms with Crippen LogP contribution in [0.1, 0.15) is 56.2 Å². The molecule has 0 saturated carbocycles. The standard InChI is InChI=1S/C26H28N3/c1-15(2)18-10-11-20-22(14-18)29-25-19(16(3)4)8-7-9-21(25)28(6)26(29)23-17(5)12-13-27-24(20)23/h7-16H,1-6H3/q+1. The van der Waals surface area contributed by atoms with Crippen LogP contribution in [0.15, 0.2) is 48.7 Å². The van der Waals surface area contributed by atoms with E-state index in [0.29, 0.717) is 11.8 Å². The van der Waals surface area contributed by atoms with E-state index in [0.717, 1.165) is 5.52 Å². The number of aromatic nitrogens is 3. The van der Waals surface area contributed by atoms with Crippen molar-refractivity contribution in [1.82, 2.24) is 9.38 Å². The summed E-state index contributed by atoms with van der Waals surface area (Å²) < 4.78 is 4.84. The Kier molecular flexibility index (Phi) is 3.92. The second kappa shape index (κ2) is 6.28. The number of pyridine rings is 2. The molecule has 0 fully saturated rings. The predicted molar refractivity (Wildman–Crippen MR) is 122 cm³/mol. The lowest BCUT2D eigenvalue weighted by Crippen LogP contribution is -2.27. The van der Waals surface area contributed by atoms with Gasteiger partial charge in [-0.2, -0.15) is 4.40 Å². The summed E-state index contributed by atoms with van der Waals surface area (Å²) in [7, 11) is 2.19. The van der Waals surface area contributed by atoms with Gasteiger partial charge in [-0.1, -0.05) is 45.9 Å². The lowest BCUT2D eigenvalue weighted by atomic mass is 9.99. The zero-order valence-electron chi connectivity index (χ0n) is 18.1. The molecule has 0 unspecified atom stereocenters. The fraction of sp³-hybridized carbons (Fsp3) is 0.308. The van der Waals surface area contributed by atoms with Gasteiger partial charge in [-0.05, 0) is 54.2 Å². The van der Waals surface area contributed by atoms with E-state index in [1.165, 1.54) is 49.7 Å². The Bertz CT molecular complexity index is 1420. The summed E-state index contributed by atoms with van der Waals surface area (Å²) in [6.07, 6.45) is 1.94. The Morgan fingerprint density at radius 2 is 1.76 bits per heavy atom. The van der Waals surface area contributed by atoms with Crippen LogP contribution in [0.5, 0.6) is 0 Å². The SMILES string of the molecule is Cc1ccnc2c3ccc(C(C)C)cc3n3c4c(C(C)C)cccc4[n+](C)c3c12. The van der Waals surface area contributed by atoms with E-state index >= 15 is 0 Å². The van der Waals surface area contributed by atoms with Crippen molar-refractivity contribution in [2.24, 2.45) is 7.05 Å². The summed E-state index contributed by atoms with van der Waals surface area (Å²) in [5.74, 6) is 0.932. The van der Waals surface area contributed by atoms with Gasteiger partial charge in [0.2, 0.25) is 0 Å². The molecular weight excluding hydrogens is 354 g/mol. The first kappa shape index (κ1) is 18.1. The van der Waals surface area contributed by atoms with Crippen LogP contribution in [0.2, 0.25) is 0 Å². The van der Waals surface area contributed by atoms with Crippen LogP contribution in [0, 0.1) is 6.92 Å². The Morgan fingerprint density at radius 1 is 0.966 bits per heavy atom. The number of imidazole rings is 1. The first-order chi connectivity index (χ1) is 13.9. The highest BCUT2D eigenvalue weighted by Gasteiger charge is 2.27. The summed E-state index contributed by atoms with van der Waals surface area (Å²) in [4.78, 5) is 4.84. The van der Waals surface area contributed by atoms with Gasteiger partial charge in [-0.3, -0.25) is 4.98 Å². The minimum absolute atomic E-state index is 0.450. The summed E-state index contributed by atoms with van der Waals surface area (Å²) >= 11 is 0. The van der Waals surface area contributed by atoms with Gasteiger partial charge in [0.25, 0.3) is 5.65 Å². The van der Waals surface area contributed by atoms with E-state index < -0.39 is 0 Å². The Balaban J connectivity index is 2.20. The lowest BCUT2D eigenvalue weighted by Gasteiger charge is -2.10. The molecule has 0 bridgehead atoms. The van der Waals surface area contributed by atoms with Crippen LogP contribution in [-0.4, -0.2) is 9.38 Å². The second-order valence-electron chi connectivity index (χ2n) is 8.87. The van der Waals surface area contributed by atoms with Crippen molar-refractivity contribution in [3.05, 3.63) is 65.4 Å². The van der Waals surface area contributed by atoms with Crippen molar-refractivity contribution >= 4 is 38.5 Å². The second-order valence-corrected chi connectivity index (χ2v) is 8.87. The molecule has 146 valence electrons. The Hall–Kier alpha value is -2.94. The van der Waals surface area contributed by atoms with Crippen LogP contribution in [-0.2, 0) is 7.05 Å². The number of fused-ring (bicyclic) bond motifs is 8. The highest BCUT2D eigenvalue weighted by Crippen LogP contribution is 2.35. The number of hydrogen-bond acceptors (Lipinski definition) is 1. The molecule has 0 radical (unpaired) electrons. The van der Waals surface area contributed by atoms with Gasteiger partial charge in [-0.15, -0.1) is 0 Å². The molecule has 3 heterocycles. The van der Waals surface area contributed by atoms with Crippen LogP contribution in [0.4, 0.5) is 0 Å². The number of para-hydroxylation sites is 1. The molecule has 0 N–H and O–H groups in total. The number of nitrogens with zero attached hydrogens (tertiary/aromatic N) is 3. The van der Waals surface area contributed by atoms with Gasteiger partial charge in [0, 0.05) is 17.1 Å². The zero-order valence-corrected chi connectivity index (χ0v) is 18.1. The highest BCUT2D eigenvalue weighted by atomic mass is 15.1. The maximum Gasteiger partial charge on any atom is 0.297 e. The summed E-state index contributed by atoms with van der Waals surface area (Å²) in [6, 6.07) is 15.7. The number of rotatable bonds is 2. The average Bonchev–Trinajstić information content (AvgIpc) is 3.00. The average molecular weight is 383 g/mol. The first-order valence-electron chi connectivity index (χ1n) is 10.5. The van der Waals surface area contributed by atoms with E-state index in [1.807, 2.05) is 6.20 Å². The van der Waals surface area contributed by atoms with Crippen LogP contribution >= 0.6 is 0 Å². The first-order valence-corrected chi connectivity index (χ1v) is 10.5. The third kappa shape index (κ3) is 2.43. The number of hydrogen-bond donors (Lipinski definition) is 0. The number of benzene rings is 2. The molecule has 3 nitrogen and oxygen atoms in total. The van der Waals surface area contributed by atoms with Crippen LogP contribution < -0.4 is 4.57 Å². The van der Waals surface area contributed by atoms with Crippen molar-refractivity contribution in [3.63, 3.8) is 0 Å². The molecule has 29 heavy (non-hydrogen) atoms. The molecule has 5 rings (SSSR count). The Morgan fingerprint density at radius 3 is 2.48 bits per heavy atom. The molecule has 5 aromatic rings. The maximum absolute atomic E-state index is 4.84. The minimum Gasteiger partial charge on any atom is -0.255 e. The van der Waals surface area contributed by atoms with Crippen LogP contribution in [0.3, 0.4) is 0 Å². The van der Waals surface area contributed by atoms with Crippen LogP contribution in [0.25, 0.3) is 38.5 Å². The van der Waals surface area contributed by atoms with Crippen molar-refractivity contribution in [1.29, 1.82) is 0 Å². The van der Waals surface area contributed by atoms with Gasteiger partial charge < -0.3 is 0 Å². The predicted octanol–water partition coefficient (Wildman–Crippen LogP) is 6.17. The van der Waals surface area contributed by atoms with Gasteiger partial charge in [0.05, 0.1) is 18.0 Å². The zero-order chi connectivity index (χ0) is 20.4. The summed E-state index contributed by atoms with van der Waals surface area (Å²) in [5.41, 5.74) is 10.1. The van der Waals surface area contributed by atoms with Gasteiger partial charge >= 0.3 is 0 Å². The molecule has 0 amide bonds. The van der Waals surface area contributed by atoms with Crippen molar-refractivity contribution in [2.75, 3.05) is 0 Å². The van der Waals surface area contributed by atoms with E-state index in [-0.39, 0.29) is 0 Å². The van der Waals surface area contributed by atoms with E-state index in [9.17, 15) is 0 Å². The summed E-state index contributed by atoms with van der Waals surface area (Å²) in [5, 5.41) is 2.46. The molecule has 0 aliphatic carbocycles. The summed E-state index contributed by atoms with van der Waals surface area (Å²) in [6.45, 7) is 11.3. The fourth-order valence-electron chi connectivity index (χ4n) is 4.75. The third-order valence-electron chi connectivity index (χ3n) is 6.35. The van der Waals surface area contributed by atoms with E-state index in [1.54, 1.807) is 0 Å². The molecule has 0 saturated heterocycles. The normalized spacial score (nSPS) is 12.4. The van der Waals surface area contributed by atoms with E-state index in [2.05, 4.69) is 93.1 Å². The van der Waals surface area contributed by atoms with Gasteiger partial charge in [-0.25, -0.2) is 4.57 Å². The third-order valence-corrected chi connectivity index (χ3v) is 6.35. The molecule has 0 spiro atoms. The molecular formula is C26H28N3+. The molecule has 3 aromatic heterocycles. The Labute approximate surface area is 171 Å². The number of aryl methyl sites for hydroxylation is 2. The van der Waals surface area contributed by atoms with Gasteiger partial charge in [0.1, 0.15) is 5.52 Å². The topological polar surface area (TPSA) is 21.2 Å². The molecule has 3 heteroatoms. The molecule has 0 atom stereocenters. The highest BCUT2D eigenvalue weighted by molar-refractivity contribution is 6.12. The quantitative estimate of drug-likeness (QED) is 0.264. The minimum atomic E-state index is 0.450. The van der Waals surface area contributed by atoms with Gasteiger partial charge in [0.15, 0.2) is 11.0 Å². The largest absolute Gasteiger partial charge is 0.297 e. The molecule has 2 aromatic carbocycles. The monoisotopic (exact) mass is 382 g/mol. The van der Waals surface area contributed by atoms with Crippen molar-refractivity contribution in [3.8, 4) is 0 Å². The molecule has 0 aliphatic heterocycles.